The maximum absolute atomic E-state index is 5.62. The Kier molecular flexibility index (Phi) is 3.83. The highest BCUT2D eigenvalue weighted by Gasteiger charge is 2.22. The van der Waals surface area contributed by atoms with Crippen molar-refractivity contribution in [3.05, 3.63) is 53.6 Å². The molecule has 4 heteroatoms. The lowest BCUT2D eigenvalue weighted by atomic mass is 10.1. The molecule has 2 aliphatic heterocycles. The lowest BCUT2D eigenvalue weighted by Gasteiger charge is -2.36. The summed E-state index contributed by atoms with van der Waals surface area (Å²) in [7, 11) is 0. The number of hydrogen-bond donors (Lipinski definition) is 0. The average molecular weight is 310 g/mol. The van der Waals surface area contributed by atoms with Crippen LogP contribution in [0.25, 0.3) is 0 Å². The highest BCUT2D eigenvalue weighted by molar-refractivity contribution is 5.53. The molecule has 1 fully saturated rings. The minimum atomic E-state index is 0.341. The van der Waals surface area contributed by atoms with E-state index in [4.69, 9.17) is 9.47 Å². The topological polar surface area (TPSA) is 24.9 Å². The summed E-state index contributed by atoms with van der Waals surface area (Å²) in [5.74, 6) is 1.80. The van der Waals surface area contributed by atoms with Gasteiger partial charge in [-0.1, -0.05) is 30.3 Å². The lowest BCUT2D eigenvalue weighted by Crippen LogP contribution is -2.46. The molecule has 2 aromatic rings. The molecule has 2 aliphatic rings. The van der Waals surface area contributed by atoms with Gasteiger partial charge in [0.25, 0.3) is 0 Å². The summed E-state index contributed by atoms with van der Waals surface area (Å²) < 4.78 is 11.1. The van der Waals surface area contributed by atoms with Crippen LogP contribution in [0, 0.1) is 6.92 Å². The van der Waals surface area contributed by atoms with Crippen molar-refractivity contribution in [1.29, 1.82) is 0 Å². The van der Waals surface area contributed by atoms with E-state index in [0.717, 1.165) is 44.2 Å². The highest BCUT2D eigenvalue weighted by atomic mass is 16.7. The molecule has 120 valence electrons. The molecule has 0 radical (unpaired) electrons. The van der Waals surface area contributed by atoms with Gasteiger partial charge in [0.2, 0.25) is 6.79 Å². The quantitative estimate of drug-likeness (QED) is 0.870. The van der Waals surface area contributed by atoms with Gasteiger partial charge in [-0.05, 0) is 24.6 Å². The van der Waals surface area contributed by atoms with Gasteiger partial charge in [-0.2, -0.15) is 0 Å². The van der Waals surface area contributed by atoms with Crippen LogP contribution in [-0.4, -0.2) is 37.9 Å². The molecule has 0 aromatic heterocycles. The molecule has 0 spiro atoms. The zero-order valence-electron chi connectivity index (χ0n) is 13.5. The number of nitrogens with zero attached hydrogens (tertiary/aromatic N) is 2. The molecule has 4 rings (SSSR count). The van der Waals surface area contributed by atoms with Crippen LogP contribution >= 0.6 is 0 Å². The number of anilines is 1. The molecule has 0 bridgehead atoms. The van der Waals surface area contributed by atoms with E-state index in [0.29, 0.717) is 6.79 Å². The predicted molar refractivity (Wildman–Crippen MR) is 91.2 cm³/mol. The van der Waals surface area contributed by atoms with Crippen molar-refractivity contribution >= 4 is 5.69 Å². The first-order valence-electron chi connectivity index (χ1n) is 8.22. The standard InChI is InChI=1S/C19H22N2O2/c1-15-5-2-3-7-17(15)21-11-9-20(10-12-21)13-16-6-4-8-18-19(16)23-14-22-18/h2-8H,9-14H2,1H3. The van der Waals surface area contributed by atoms with Gasteiger partial charge in [-0.15, -0.1) is 0 Å². The second-order valence-electron chi connectivity index (χ2n) is 6.20. The Hall–Kier alpha value is -2.20. The van der Waals surface area contributed by atoms with Crippen molar-refractivity contribution in [2.75, 3.05) is 37.9 Å². The van der Waals surface area contributed by atoms with Crippen LogP contribution in [0.5, 0.6) is 11.5 Å². The van der Waals surface area contributed by atoms with Gasteiger partial charge in [-0.25, -0.2) is 0 Å². The first-order chi connectivity index (χ1) is 11.3. The van der Waals surface area contributed by atoms with Crippen LogP contribution in [0.15, 0.2) is 42.5 Å². The van der Waals surface area contributed by atoms with E-state index in [1.807, 2.05) is 12.1 Å². The van der Waals surface area contributed by atoms with Crippen molar-refractivity contribution < 1.29 is 9.47 Å². The van der Waals surface area contributed by atoms with Gasteiger partial charge < -0.3 is 14.4 Å². The van der Waals surface area contributed by atoms with Crippen molar-refractivity contribution in [3.63, 3.8) is 0 Å². The van der Waals surface area contributed by atoms with Gasteiger partial charge in [0.05, 0.1) is 0 Å². The number of ether oxygens (including phenoxy) is 2. The molecule has 0 aliphatic carbocycles. The number of hydrogen-bond acceptors (Lipinski definition) is 4. The first kappa shape index (κ1) is 14.4. The van der Waals surface area contributed by atoms with Crippen molar-refractivity contribution in [2.45, 2.75) is 13.5 Å². The fraction of sp³-hybridized carbons (Fsp3) is 0.368. The Bertz CT molecular complexity index is 694. The zero-order chi connectivity index (χ0) is 15.6. The predicted octanol–water partition coefficient (Wildman–Crippen LogP) is 3.05. The smallest absolute Gasteiger partial charge is 0.231 e. The fourth-order valence-corrected chi connectivity index (χ4v) is 3.42. The van der Waals surface area contributed by atoms with Gasteiger partial charge in [-0.3, -0.25) is 4.90 Å². The molecule has 1 saturated heterocycles. The Balaban J connectivity index is 1.41. The molecule has 0 amide bonds. The lowest BCUT2D eigenvalue weighted by molar-refractivity contribution is 0.171. The first-order valence-corrected chi connectivity index (χ1v) is 8.22. The molecule has 0 atom stereocenters. The zero-order valence-corrected chi connectivity index (χ0v) is 13.5. The maximum Gasteiger partial charge on any atom is 0.231 e. The number of rotatable bonds is 3. The summed E-state index contributed by atoms with van der Waals surface area (Å²) in [6.07, 6.45) is 0. The van der Waals surface area contributed by atoms with Gasteiger partial charge in [0.1, 0.15) is 0 Å². The molecular formula is C19H22N2O2. The summed E-state index contributed by atoms with van der Waals surface area (Å²) in [6.45, 7) is 7.72. The molecule has 23 heavy (non-hydrogen) atoms. The third-order valence-electron chi connectivity index (χ3n) is 4.70. The third kappa shape index (κ3) is 2.86. The van der Waals surface area contributed by atoms with E-state index in [2.05, 4.69) is 47.1 Å². The van der Waals surface area contributed by atoms with Crippen molar-refractivity contribution in [3.8, 4) is 11.5 Å². The van der Waals surface area contributed by atoms with Crippen LogP contribution in [0.4, 0.5) is 5.69 Å². The van der Waals surface area contributed by atoms with Crippen LogP contribution in [0.1, 0.15) is 11.1 Å². The summed E-state index contributed by atoms with van der Waals surface area (Å²) in [6, 6.07) is 14.8. The highest BCUT2D eigenvalue weighted by Crippen LogP contribution is 2.36. The van der Waals surface area contributed by atoms with Crippen molar-refractivity contribution in [2.24, 2.45) is 0 Å². The second-order valence-corrected chi connectivity index (χ2v) is 6.20. The number of fused-ring (bicyclic) bond motifs is 1. The molecule has 0 N–H and O–H groups in total. The van der Waals surface area contributed by atoms with Crippen LogP contribution in [0.2, 0.25) is 0 Å². The summed E-state index contributed by atoms with van der Waals surface area (Å²) >= 11 is 0. The van der Waals surface area contributed by atoms with E-state index >= 15 is 0 Å². The molecule has 4 nitrogen and oxygen atoms in total. The Morgan fingerprint density at radius 3 is 2.57 bits per heavy atom. The second kappa shape index (κ2) is 6.13. The number of aryl methyl sites for hydroxylation is 1. The third-order valence-corrected chi connectivity index (χ3v) is 4.70. The monoisotopic (exact) mass is 310 g/mol. The van der Waals surface area contributed by atoms with Gasteiger partial charge in [0.15, 0.2) is 11.5 Å². The van der Waals surface area contributed by atoms with E-state index in [1.54, 1.807) is 0 Å². The number of benzene rings is 2. The summed E-state index contributed by atoms with van der Waals surface area (Å²) in [5.41, 5.74) is 3.95. The molecule has 2 heterocycles. The largest absolute Gasteiger partial charge is 0.454 e. The fourth-order valence-electron chi connectivity index (χ4n) is 3.42. The Morgan fingerprint density at radius 1 is 0.913 bits per heavy atom. The minimum absolute atomic E-state index is 0.341. The SMILES string of the molecule is Cc1ccccc1N1CCN(Cc2cccc3c2OCO3)CC1. The van der Waals surface area contributed by atoms with Crippen LogP contribution < -0.4 is 14.4 Å². The summed E-state index contributed by atoms with van der Waals surface area (Å²) in [4.78, 5) is 4.98. The van der Waals surface area contributed by atoms with E-state index in [-0.39, 0.29) is 0 Å². The Morgan fingerprint density at radius 2 is 1.74 bits per heavy atom. The maximum atomic E-state index is 5.62. The van der Waals surface area contributed by atoms with Crippen LogP contribution in [0.3, 0.4) is 0 Å². The average Bonchev–Trinajstić information content (AvgIpc) is 3.06. The number of piperazine rings is 1. The van der Waals surface area contributed by atoms with E-state index < -0.39 is 0 Å². The van der Waals surface area contributed by atoms with Crippen molar-refractivity contribution in [1.82, 2.24) is 4.90 Å². The molecule has 0 saturated carbocycles. The van der Waals surface area contributed by atoms with E-state index in [1.165, 1.54) is 16.8 Å². The summed E-state index contributed by atoms with van der Waals surface area (Å²) in [5, 5.41) is 0. The minimum Gasteiger partial charge on any atom is -0.454 e. The van der Waals surface area contributed by atoms with E-state index in [9.17, 15) is 0 Å². The Labute approximate surface area is 137 Å². The van der Waals surface area contributed by atoms with Gasteiger partial charge in [0, 0.05) is 44.0 Å². The number of para-hydroxylation sites is 2. The molecule has 0 unspecified atom stereocenters. The van der Waals surface area contributed by atoms with Gasteiger partial charge >= 0.3 is 0 Å². The van der Waals surface area contributed by atoms with Crippen LogP contribution in [-0.2, 0) is 6.54 Å². The molecule has 2 aromatic carbocycles. The molecular weight excluding hydrogens is 288 g/mol. The normalized spacial score (nSPS) is 17.5.